The molecule has 1 heterocycles. The van der Waals surface area contributed by atoms with E-state index in [1.54, 1.807) is 24.3 Å². The molecule has 0 saturated carbocycles. The van der Waals surface area contributed by atoms with Gasteiger partial charge < -0.3 is 10.1 Å². The summed E-state index contributed by atoms with van der Waals surface area (Å²) in [5.41, 5.74) is 1.96. The second-order valence-corrected chi connectivity index (χ2v) is 8.79. The molecule has 1 unspecified atom stereocenters. The van der Waals surface area contributed by atoms with Crippen LogP contribution in [0.3, 0.4) is 0 Å². The molecule has 0 radical (unpaired) electrons. The van der Waals surface area contributed by atoms with E-state index in [9.17, 15) is 8.42 Å². The van der Waals surface area contributed by atoms with Gasteiger partial charge in [-0.05, 0) is 35.9 Å². The van der Waals surface area contributed by atoms with Crippen LogP contribution in [0.5, 0.6) is 0 Å². The van der Waals surface area contributed by atoms with Gasteiger partial charge in [-0.1, -0.05) is 29.8 Å². The first kappa shape index (κ1) is 19.2. The van der Waals surface area contributed by atoms with Crippen LogP contribution in [-0.4, -0.2) is 52.4 Å². The van der Waals surface area contributed by atoms with Crippen LogP contribution in [0, 0.1) is 0 Å². The third-order valence-corrected chi connectivity index (χ3v) is 6.01. The van der Waals surface area contributed by atoms with Crippen molar-refractivity contribution in [3.8, 4) is 0 Å². The number of hydrogen-bond acceptors (Lipinski definition) is 5. The highest BCUT2D eigenvalue weighted by molar-refractivity contribution is 7.90. The maximum absolute atomic E-state index is 11.6. The molecule has 5 nitrogen and oxygen atoms in total. The number of benzene rings is 2. The Morgan fingerprint density at radius 3 is 2.38 bits per heavy atom. The quantitative estimate of drug-likeness (QED) is 0.815. The van der Waals surface area contributed by atoms with E-state index >= 15 is 0 Å². The van der Waals surface area contributed by atoms with Crippen molar-refractivity contribution in [3.63, 3.8) is 0 Å². The first-order valence-corrected chi connectivity index (χ1v) is 10.8. The lowest BCUT2D eigenvalue weighted by molar-refractivity contribution is 0.0187. The molecule has 0 aromatic heterocycles. The predicted octanol–water partition coefficient (Wildman–Crippen LogP) is 3.23. The van der Waals surface area contributed by atoms with Crippen LogP contribution in [0.25, 0.3) is 0 Å². The van der Waals surface area contributed by atoms with Crippen molar-refractivity contribution in [3.05, 3.63) is 59.1 Å². The SMILES string of the molecule is CS(=O)(=O)c1ccc(NCC(c2ccccc2Cl)N2CCOCC2)cc1. The summed E-state index contributed by atoms with van der Waals surface area (Å²) in [4.78, 5) is 2.68. The molecule has 0 spiro atoms. The third kappa shape index (κ3) is 4.76. The second kappa shape index (κ2) is 8.39. The molecule has 3 rings (SSSR count). The molecule has 1 aliphatic heterocycles. The summed E-state index contributed by atoms with van der Waals surface area (Å²) in [6.07, 6.45) is 1.21. The Morgan fingerprint density at radius 1 is 1.12 bits per heavy atom. The number of hydrogen-bond donors (Lipinski definition) is 1. The van der Waals surface area contributed by atoms with Crippen molar-refractivity contribution < 1.29 is 13.2 Å². The highest BCUT2D eigenvalue weighted by atomic mass is 35.5. The summed E-state index contributed by atoms with van der Waals surface area (Å²) in [6.45, 7) is 3.80. The second-order valence-electron chi connectivity index (χ2n) is 6.36. The molecule has 1 saturated heterocycles. The van der Waals surface area contributed by atoms with Gasteiger partial charge in [0.15, 0.2) is 9.84 Å². The lowest BCUT2D eigenvalue weighted by Crippen LogP contribution is -2.41. The fourth-order valence-corrected chi connectivity index (χ4v) is 4.00. The summed E-state index contributed by atoms with van der Waals surface area (Å²) in [6, 6.07) is 14.8. The monoisotopic (exact) mass is 394 g/mol. The average Bonchev–Trinajstić information content (AvgIpc) is 2.64. The smallest absolute Gasteiger partial charge is 0.175 e. The molecule has 26 heavy (non-hydrogen) atoms. The molecule has 1 atom stereocenters. The Morgan fingerprint density at radius 2 is 1.77 bits per heavy atom. The predicted molar refractivity (Wildman–Crippen MR) is 105 cm³/mol. The molecule has 0 bridgehead atoms. The van der Waals surface area contributed by atoms with Crippen molar-refractivity contribution in [2.45, 2.75) is 10.9 Å². The van der Waals surface area contributed by atoms with Gasteiger partial charge in [0.1, 0.15) is 0 Å². The van der Waals surface area contributed by atoms with E-state index in [4.69, 9.17) is 16.3 Å². The van der Waals surface area contributed by atoms with Crippen molar-refractivity contribution in [1.82, 2.24) is 4.90 Å². The molecule has 140 valence electrons. The fraction of sp³-hybridized carbons (Fsp3) is 0.368. The minimum atomic E-state index is -3.18. The number of rotatable bonds is 6. The number of morpholine rings is 1. The van der Waals surface area contributed by atoms with Crippen molar-refractivity contribution >= 4 is 27.1 Å². The van der Waals surface area contributed by atoms with Gasteiger partial charge in [-0.25, -0.2) is 8.42 Å². The summed E-state index contributed by atoms with van der Waals surface area (Å²) < 4.78 is 28.6. The minimum absolute atomic E-state index is 0.113. The number of halogens is 1. The molecule has 1 fully saturated rings. The molecular weight excluding hydrogens is 372 g/mol. The number of ether oxygens (including phenoxy) is 1. The van der Waals surface area contributed by atoms with Crippen molar-refractivity contribution in [1.29, 1.82) is 0 Å². The summed E-state index contributed by atoms with van der Waals surface area (Å²) >= 11 is 6.44. The molecule has 1 N–H and O–H groups in total. The van der Waals surface area contributed by atoms with Crippen LogP contribution < -0.4 is 5.32 Å². The van der Waals surface area contributed by atoms with E-state index in [-0.39, 0.29) is 6.04 Å². The van der Waals surface area contributed by atoms with E-state index in [1.165, 1.54) is 6.26 Å². The number of nitrogens with one attached hydrogen (secondary N) is 1. The van der Waals surface area contributed by atoms with Crippen LogP contribution in [-0.2, 0) is 14.6 Å². The first-order valence-electron chi connectivity index (χ1n) is 8.55. The standard InChI is InChI=1S/C19H23ClN2O3S/c1-26(23,24)16-8-6-15(7-9-16)21-14-19(22-10-12-25-13-11-22)17-4-2-3-5-18(17)20/h2-9,19,21H,10-14H2,1H3. The Bertz CT molecular complexity index is 834. The lowest BCUT2D eigenvalue weighted by atomic mass is 10.0. The number of nitrogens with zero attached hydrogens (tertiary/aromatic N) is 1. The Kier molecular flexibility index (Phi) is 6.19. The van der Waals surface area contributed by atoms with Gasteiger partial charge in [0, 0.05) is 36.6 Å². The summed E-state index contributed by atoms with van der Waals surface area (Å²) in [5.74, 6) is 0. The maximum Gasteiger partial charge on any atom is 0.175 e. The van der Waals surface area contributed by atoms with Gasteiger partial charge in [0.05, 0.1) is 24.2 Å². The lowest BCUT2D eigenvalue weighted by Gasteiger charge is -2.35. The van der Waals surface area contributed by atoms with Crippen molar-refractivity contribution in [2.75, 3.05) is 44.4 Å². The van der Waals surface area contributed by atoms with E-state index in [0.717, 1.165) is 29.4 Å². The third-order valence-electron chi connectivity index (χ3n) is 4.53. The molecule has 2 aromatic carbocycles. The Balaban J connectivity index is 1.76. The average molecular weight is 395 g/mol. The highest BCUT2D eigenvalue weighted by Gasteiger charge is 2.24. The molecular formula is C19H23ClN2O3S. The fourth-order valence-electron chi connectivity index (χ4n) is 3.10. The maximum atomic E-state index is 11.6. The van der Waals surface area contributed by atoms with Gasteiger partial charge >= 0.3 is 0 Å². The molecule has 7 heteroatoms. The topological polar surface area (TPSA) is 58.6 Å². The van der Waals surface area contributed by atoms with Gasteiger partial charge in [0.25, 0.3) is 0 Å². The first-order chi connectivity index (χ1) is 12.4. The number of sulfone groups is 1. The van der Waals surface area contributed by atoms with Crippen LogP contribution >= 0.6 is 11.6 Å². The van der Waals surface area contributed by atoms with Crippen molar-refractivity contribution in [2.24, 2.45) is 0 Å². The molecule has 0 aliphatic carbocycles. The van der Waals surface area contributed by atoms with Crippen LogP contribution in [0.15, 0.2) is 53.4 Å². The summed E-state index contributed by atoms with van der Waals surface area (Å²) in [7, 11) is -3.18. The Labute approximate surface area is 159 Å². The normalized spacial score (nSPS) is 17.0. The van der Waals surface area contributed by atoms with E-state index in [1.807, 2.05) is 18.2 Å². The van der Waals surface area contributed by atoms with Crippen LogP contribution in [0.1, 0.15) is 11.6 Å². The summed E-state index contributed by atoms with van der Waals surface area (Å²) in [5, 5.41) is 4.16. The molecule has 1 aliphatic rings. The van der Waals surface area contributed by atoms with E-state index in [2.05, 4.69) is 16.3 Å². The van der Waals surface area contributed by atoms with Crippen LogP contribution in [0.4, 0.5) is 5.69 Å². The van der Waals surface area contributed by atoms with Gasteiger partial charge in [-0.15, -0.1) is 0 Å². The zero-order valence-corrected chi connectivity index (χ0v) is 16.3. The van der Waals surface area contributed by atoms with Gasteiger partial charge in [-0.3, -0.25) is 4.90 Å². The zero-order chi connectivity index (χ0) is 18.6. The molecule has 2 aromatic rings. The minimum Gasteiger partial charge on any atom is -0.383 e. The van der Waals surface area contributed by atoms with Crippen LogP contribution in [0.2, 0.25) is 5.02 Å². The number of anilines is 1. The van der Waals surface area contributed by atoms with E-state index < -0.39 is 9.84 Å². The zero-order valence-electron chi connectivity index (χ0n) is 14.7. The molecule has 0 amide bonds. The van der Waals surface area contributed by atoms with Gasteiger partial charge in [0.2, 0.25) is 0 Å². The highest BCUT2D eigenvalue weighted by Crippen LogP contribution is 2.28. The van der Waals surface area contributed by atoms with E-state index in [0.29, 0.717) is 24.7 Å². The largest absolute Gasteiger partial charge is 0.383 e. The van der Waals surface area contributed by atoms with Gasteiger partial charge in [-0.2, -0.15) is 0 Å². The Hall–Kier alpha value is -1.60.